The zero-order valence-corrected chi connectivity index (χ0v) is 15.2. The van der Waals surface area contributed by atoms with Crippen molar-refractivity contribution in [3.63, 3.8) is 0 Å². The Bertz CT molecular complexity index is 860. The third kappa shape index (κ3) is 6.31. The standard InChI is InChI=1S/C17H15ClF3N3O4/c1-10(16(25)23-15-7-4-12(24(26)27)8-14(15)18)22-11-2-5-13(6-3-11)28-9-17(19,20)21/h2-8,10,22H,9H2,1H3,(H,23,25). The number of nitro groups is 1. The van der Waals surface area contributed by atoms with Gasteiger partial charge in [0.2, 0.25) is 5.91 Å². The Morgan fingerprint density at radius 3 is 2.43 bits per heavy atom. The summed E-state index contributed by atoms with van der Waals surface area (Å²) in [5.41, 5.74) is 0.487. The Balaban J connectivity index is 1.94. The number of nitro benzene ring substituents is 1. The molecule has 7 nitrogen and oxygen atoms in total. The lowest BCUT2D eigenvalue weighted by atomic mass is 10.2. The third-order valence-electron chi connectivity index (χ3n) is 3.45. The lowest BCUT2D eigenvalue weighted by Crippen LogP contribution is -2.31. The number of halogens is 4. The van der Waals surface area contributed by atoms with Gasteiger partial charge in [0, 0.05) is 17.8 Å². The molecule has 2 rings (SSSR count). The molecule has 0 fully saturated rings. The highest BCUT2D eigenvalue weighted by atomic mass is 35.5. The van der Waals surface area contributed by atoms with Crippen molar-refractivity contribution in [1.82, 2.24) is 0 Å². The molecule has 1 amide bonds. The van der Waals surface area contributed by atoms with Crippen LogP contribution in [0.2, 0.25) is 5.02 Å². The van der Waals surface area contributed by atoms with E-state index in [4.69, 9.17) is 11.6 Å². The molecule has 0 heterocycles. The molecule has 0 aliphatic rings. The summed E-state index contributed by atoms with van der Waals surface area (Å²) < 4.78 is 41.0. The molecule has 2 aromatic carbocycles. The fraction of sp³-hybridized carbons (Fsp3) is 0.235. The Kier molecular flexibility index (Phi) is 6.68. The van der Waals surface area contributed by atoms with Crippen LogP contribution in [0.1, 0.15) is 6.92 Å². The van der Waals surface area contributed by atoms with Crippen LogP contribution < -0.4 is 15.4 Å². The van der Waals surface area contributed by atoms with Gasteiger partial charge in [-0.2, -0.15) is 13.2 Å². The van der Waals surface area contributed by atoms with Crippen LogP contribution in [0.5, 0.6) is 5.75 Å². The summed E-state index contributed by atoms with van der Waals surface area (Å²) in [5.74, 6) is -0.425. The monoisotopic (exact) mass is 417 g/mol. The van der Waals surface area contributed by atoms with Gasteiger partial charge in [0.1, 0.15) is 11.8 Å². The first-order valence-electron chi connectivity index (χ1n) is 7.86. The van der Waals surface area contributed by atoms with Crippen molar-refractivity contribution in [3.8, 4) is 5.75 Å². The maximum absolute atomic E-state index is 12.3. The molecule has 0 aliphatic heterocycles. The third-order valence-corrected chi connectivity index (χ3v) is 3.77. The number of rotatable bonds is 7. The smallest absolute Gasteiger partial charge is 0.422 e. The van der Waals surface area contributed by atoms with E-state index >= 15 is 0 Å². The Morgan fingerprint density at radius 1 is 1.25 bits per heavy atom. The zero-order valence-electron chi connectivity index (χ0n) is 14.4. The number of carbonyl (C=O) groups is 1. The molecule has 0 spiro atoms. The summed E-state index contributed by atoms with van der Waals surface area (Å²) >= 11 is 5.93. The van der Waals surface area contributed by atoms with Crippen LogP contribution in [-0.4, -0.2) is 29.7 Å². The molecule has 0 radical (unpaired) electrons. The van der Waals surface area contributed by atoms with E-state index in [9.17, 15) is 28.1 Å². The quantitative estimate of drug-likeness (QED) is 0.506. The highest BCUT2D eigenvalue weighted by Crippen LogP contribution is 2.27. The number of benzene rings is 2. The van der Waals surface area contributed by atoms with Gasteiger partial charge in [0.25, 0.3) is 5.69 Å². The average molecular weight is 418 g/mol. The van der Waals surface area contributed by atoms with Gasteiger partial charge in [-0.15, -0.1) is 0 Å². The summed E-state index contributed by atoms with van der Waals surface area (Å²) in [7, 11) is 0. The molecule has 28 heavy (non-hydrogen) atoms. The summed E-state index contributed by atoms with van der Waals surface area (Å²) in [5, 5.41) is 16.1. The van der Waals surface area contributed by atoms with Crippen molar-refractivity contribution in [3.05, 3.63) is 57.6 Å². The lowest BCUT2D eigenvalue weighted by molar-refractivity contribution is -0.384. The van der Waals surface area contributed by atoms with Crippen molar-refractivity contribution in [2.75, 3.05) is 17.2 Å². The first-order chi connectivity index (χ1) is 13.0. The highest BCUT2D eigenvalue weighted by molar-refractivity contribution is 6.34. The molecule has 1 unspecified atom stereocenters. The minimum absolute atomic E-state index is 0.0147. The van der Waals surface area contributed by atoms with Gasteiger partial charge >= 0.3 is 6.18 Å². The minimum Gasteiger partial charge on any atom is -0.484 e. The average Bonchev–Trinajstić information content (AvgIpc) is 2.61. The summed E-state index contributed by atoms with van der Waals surface area (Å²) in [4.78, 5) is 22.3. The maximum Gasteiger partial charge on any atom is 0.422 e. The van der Waals surface area contributed by atoms with E-state index in [2.05, 4.69) is 15.4 Å². The van der Waals surface area contributed by atoms with Gasteiger partial charge in [-0.3, -0.25) is 14.9 Å². The second-order valence-electron chi connectivity index (χ2n) is 5.70. The van der Waals surface area contributed by atoms with E-state index in [0.717, 1.165) is 6.07 Å². The Hall–Kier alpha value is -3.01. The number of non-ortho nitro benzene ring substituents is 1. The topological polar surface area (TPSA) is 93.5 Å². The number of hydrogen-bond donors (Lipinski definition) is 2. The van der Waals surface area contributed by atoms with E-state index in [1.165, 1.54) is 36.4 Å². The molecule has 11 heteroatoms. The summed E-state index contributed by atoms with van der Waals surface area (Å²) in [6.07, 6.45) is -4.43. The summed E-state index contributed by atoms with van der Waals surface area (Å²) in [6.45, 7) is 0.164. The zero-order chi connectivity index (χ0) is 20.9. The number of alkyl halides is 3. The number of amides is 1. The van der Waals surface area contributed by atoms with Gasteiger partial charge in [-0.05, 0) is 37.3 Å². The summed E-state index contributed by atoms with van der Waals surface area (Å²) in [6, 6.07) is 8.53. The predicted octanol–water partition coefficient (Wildman–Crippen LogP) is 4.63. The molecule has 0 aliphatic carbocycles. The van der Waals surface area contributed by atoms with Crippen LogP contribution in [0.4, 0.5) is 30.2 Å². The number of nitrogens with zero attached hydrogens (tertiary/aromatic N) is 1. The first-order valence-corrected chi connectivity index (χ1v) is 8.24. The van der Waals surface area contributed by atoms with Gasteiger partial charge in [0.15, 0.2) is 6.61 Å². The van der Waals surface area contributed by atoms with E-state index in [1.54, 1.807) is 6.92 Å². The van der Waals surface area contributed by atoms with Crippen LogP contribution in [0.3, 0.4) is 0 Å². The molecule has 150 valence electrons. The second kappa shape index (κ2) is 8.79. The van der Waals surface area contributed by atoms with Gasteiger partial charge in [-0.25, -0.2) is 0 Å². The van der Waals surface area contributed by atoms with E-state index in [-0.39, 0.29) is 22.1 Å². The molecule has 0 aromatic heterocycles. The van der Waals surface area contributed by atoms with Crippen molar-refractivity contribution in [1.29, 1.82) is 0 Å². The fourth-order valence-corrected chi connectivity index (χ4v) is 2.31. The van der Waals surface area contributed by atoms with E-state index in [1.807, 2.05) is 0 Å². The Morgan fingerprint density at radius 2 is 1.89 bits per heavy atom. The predicted molar refractivity (Wildman–Crippen MR) is 97.8 cm³/mol. The number of nitrogens with one attached hydrogen (secondary N) is 2. The number of carbonyl (C=O) groups excluding carboxylic acids is 1. The van der Waals surface area contributed by atoms with Crippen LogP contribution in [-0.2, 0) is 4.79 Å². The van der Waals surface area contributed by atoms with Crippen molar-refractivity contribution in [2.24, 2.45) is 0 Å². The first kappa shape index (κ1) is 21.3. The molecular formula is C17H15ClF3N3O4. The Labute approximate surface area is 162 Å². The van der Waals surface area contributed by atoms with Crippen LogP contribution in [0.25, 0.3) is 0 Å². The fourth-order valence-electron chi connectivity index (χ4n) is 2.09. The molecule has 0 saturated heterocycles. The highest BCUT2D eigenvalue weighted by Gasteiger charge is 2.28. The molecule has 0 saturated carbocycles. The molecular weight excluding hydrogens is 403 g/mol. The van der Waals surface area contributed by atoms with Crippen molar-refractivity contribution >= 4 is 34.6 Å². The lowest BCUT2D eigenvalue weighted by Gasteiger charge is -2.16. The maximum atomic E-state index is 12.3. The van der Waals surface area contributed by atoms with E-state index < -0.39 is 29.7 Å². The molecule has 0 bridgehead atoms. The van der Waals surface area contributed by atoms with E-state index in [0.29, 0.717) is 5.69 Å². The van der Waals surface area contributed by atoms with Crippen LogP contribution >= 0.6 is 11.6 Å². The number of ether oxygens (including phenoxy) is 1. The van der Waals surface area contributed by atoms with Gasteiger partial charge in [-0.1, -0.05) is 11.6 Å². The van der Waals surface area contributed by atoms with Crippen LogP contribution in [0.15, 0.2) is 42.5 Å². The van der Waals surface area contributed by atoms with Crippen LogP contribution in [0, 0.1) is 10.1 Å². The van der Waals surface area contributed by atoms with Gasteiger partial charge < -0.3 is 15.4 Å². The van der Waals surface area contributed by atoms with Gasteiger partial charge in [0.05, 0.1) is 15.6 Å². The molecule has 2 N–H and O–H groups in total. The number of anilines is 2. The normalized spacial score (nSPS) is 12.2. The second-order valence-corrected chi connectivity index (χ2v) is 6.11. The largest absolute Gasteiger partial charge is 0.484 e. The minimum atomic E-state index is -4.43. The van der Waals surface area contributed by atoms with Crippen molar-refractivity contribution in [2.45, 2.75) is 19.1 Å². The van der Waals surface area contributed by atoms with Crippen molar-refractivity contribution < 1.29 is 27.6 Å². The number of hydrogen-bond acceptors (Lipinski definition) is 5. The SMILES string of the molecule is CC(Nc1ccc(OCC(F)(F)F)cc1)C(=O)Nc1ccc([N+](=O)[O-])cc1Cl. The molecule has 1 atom stereocenters. The molecule has 2 aromatic rings.